The molecule has 0 spiro atoms. The smallest absolute Gasteiger partial charge is 0.432 e. The lowest BCUT2D eigenvalue weighted by atomic mass is 10.0. The van der Waals surface area contributed by atoms with Crippen molar-refractivity contribution in [2.75, 3.05) is 25.1 Å². The number of benzene rings is 1. The molecule has 4 rings (SSSR count). The molecule has 15 heteroatoms. The summed E-state index contributed by atoms with van der Waals surface area (Å²) in [5, 5.41) is 18.2. The number of hydrogen-bond donors (Lipinski definition) is 2. The van der Waals surface area contributed by atoms with Gasteiger partial charge in [0, 0.05) is 23.8 Å². The average Bonchev–Trinajstić information content (AvgIpc) is 3.26. The normalized spacial score (nSPS) is 14.2. The van der Waals surface area contributed by atoms with Crippen LogP contribution in [-0.2, 0) is 4.74 Å². The molecule has 1 saturated heterocycles. The Hall–Kier alpha value is -3.86. The number of halogens is 5. The van der Waals surface area contributed by atoms with Gasteiger partial charge < -0.3 is 20.1 Å². The van der Waals surface area contributed by atoms with Crippen LogP contribution in [0.25, 0.3) is 5.82 Å². The second kappa shape index (κ2) is 11.1. The van der Waals surface area contributed by atoms with Gasteiger partial charge in [-0.05, 0) is 36.8 Å². The third-order valence-corrected chi connectivity index (χ3v) is 6.17. The lowest BCUT2D eigenvalue weighted by molar-refractivity contribution is -0.323. The molecule has 0 saturated carbocycles. The standard InChI is InChI=1S/C24H19Cl2F3N6O4/c1-13-8-14(25)9-15(21(36)32-7-3-5-30)19(13)33-22(37)17-10-18(39-23(11-38-12-23)24(27,28)29)34-35(17)20-16(26)4-2-6-31-20/h2,4,6,8-10H,3,7,11-12H2,1H3,(H,32,36)(H,33,37). The van der Waals surface area contributed by atoms with Crippen LogP contribution in [-0.4, -0.2) is 58.1 Å². The van der Waals surface area contributed by atoms with Crippen LogP contribution in [0.4, 0.5) is 18.9 Å². The van der Waals surface area contributed by atoms with Gasteiger partial charge in [0.2, 0.25) is 5.88 Å². The Morgan fingerprint density at radius 2 is 2.00 bits per heavy atom. The maximum Gasteiger partial charge on any atom is 0.432 e. The number of ether oxygens (including phenoxy) is 2. The van der Waals surface area contributed by atoms with Crippen LogP contribution in [0.15, 0.2) is 36.5 Å². The van der Waals surface area contributed by atoms with E-state index < -0.39 is 42.7 Å². The molecular formula is C24H19Cl2F3N6O4. The molecule has 2 amide bonds. The van der Waals surface area contributed by atoms with E-state index in [0.717, 1.165) is 10.7 Å². The fourth-order valence-electron chi connectivity index (χ4n) is 3.63. The largest absolute Gasteiger partial charge is 0.455 e. The number of nitriles is 1. The van der Waals surface area contributed by atoms with Crippen molar-refractivity contribution in [1.29, 1.82) is 5.26 Å². The number of carbonyl (C=O) groups is 2. The van der Waals surface area contributed by atoms with Gasteiger partial charge in [0.25, 0.3) is 17.4 Å². The number of nitrogens with zero attached hydrogens (tertiary/aromatic N) is 4. The van der Waals surface area contributed by atoms with Crippen molar-refractivity contribution in [3.05, 3.63) is 63.4 Å². The molecule has 3 aromatic rings. The van der Waals surface area contributed by atoms with Crippen LogP contribution in [0, 0.1) is 18.3 Å². The summed E-state index contributed by atoms with van der Waals surface area (Å²) in [6.45, 7) is 0.163. The van der Waals surface area contributed by atoms with Gasteiger partial charge in [0.15, 0.2) is 5.82 Å². The summed E-state index contributed by atoms with van der Waals surface area (Å²) < 4.78 is 51.9. The highest BCUT2D eigenvalue weighted by Gasteiger charge is 2.63. The van der Waals surface area contributed by atoms with E-state index in [1.807, 2.05) is 6.07 Å². The molecule has 39 heavy (non-hydrogen) atoms. The van der Waals surface area contributed by atoms with Gasteiger partial charge >= 0.3 is 6.18 Å². The highest BCUT2D eigenvalue weighted by Crippen LogP contribution is 2.40. The summed E-state index contributed by atoms with van der Waals surface area (Å²) in [7, 11) is 0. The summed E-state index contributed by atoms with van der Waals surface area (Å²) in [5.41, 5.74) is -2.40. The van der Waals surface area contributed by atoms with Gasteiger partial charge in [-0.25, -0.2) is 9.67 Å². The molecule has 10 nitrogen and oxygen atoms in total. The lowest BCUT2D eigenvalue weighted by Gasteiger charge is -2.41. The monoisotopic (exact) mass is 582 g/mol. The SMILES string of the molecule is Cc1cc(Cl)cc(C(=O)NCCC#N)c1NC(=O)c1cc(OC2(C(F)(F)F)COC2)nn1-c1ncccc1Cl. The van der Waals surface area contributed by atoms with Crippen molar-refractivity contribution >= 4 is 40.7 Å². The van der Waals surface area contributed by atoms with Gasteiger partial charge in [-0.3, -0.25) is 9.59 Å². The number of pyridine rings is 1. The molecule has 0 radical (unpaired) electrons. The van der Waals surface area contributed by atoms with Crippen LogP contribution >= 0.6 is 23.2 Å². The van der Waals surface area contributed by atoms with Crippen molar-refractivity contribution in [2.45, 2.75) is 25.1 Å². The van der Waals surface area contributed by atoms with Crippen molar-refractivity contribution in [3.8, 4) is 17.8 Å². The van der Waals surface area contributed by atoms with Crippen LogP contribution in [0.3, 0.4) is 0 Å². The van der Waals surface area contributed by atoms with E-state index in [1.165, 1.54) is 30.5 Å². The molecule has 0 aliphatic carbocycles. The van der Waals surface area contributed by atoms with Crippen molar-refractivity contribution in [1.82, 2.24) is 20.1 Å². The number of nitrogens with one attached hydrogen (secondary N) is 2. The van der Waals surface area contributed by atoms with E-state index in [4.69, 9.17) is 37.9 Å². The fraction of sp³-hybridized carbons (Fsp3) is 0.292. The van der Waals surface area contributed by atoms with Crippen molar-refractivity contribution in [3.63, 3.8) is 0 Å². The first-order valence-electron chi connectivity index (χ1n) is 11.3. The Morgan fingerprint density at radius 1 is 1.26 bits per heavy atom. The maximum absolute atomic E-state index is 13.7. The maximum atomic E-state index is 13.7. The highest BCUT2D eigenvalue weighted by molar-refractivity contribution is 6.32. The predicted molar refractivity (Wildman–Crippen MR) is 133 cm³/mol. The molecule has 0 atom stereocenters. The number of hydrogen-bond acceptors (Lipinski definition) is 7. The summed E-state index contributed by atoms with van der Waals surface area (Å²) >= 11 is 12.4. The third kappa shape index (κ3) is 5.78. The van der Waals surface area contributed by atoms with Crippen LogP contribution in [0.1, 0.15) is 32.8 Å². The zero-order valence-corrected chi connectivity index (χ0v) is 21.6. The topological polar surface area (TPSA) is 131 Å². The Morgan fingerprint density at radius 3 is 2.62 bits per heavy atom. The zero-order valence-electron chi connectivity index (χ0n) is 20.1. The van der Waals surface area contributed by atoms with Crippen molar-refractivity contribution in [2.24, 2.45) is 0 Å². The van der Waals surface area contributed by atoms with E-state index in [9.17, 15) is 22.8 Å². The number of rotatable bonds is 8. The lowest BCUT2D eigenvalue weighted by Crippen LogP contribution is -2.64. The molecule has 1 aliphatic heterocycles. The fourth-order valence-corrected chi connectivity index (χ4v) is 4.10. The molecule has 1 aromatic carbocycles. The quantitative estimate of drug-likeness (QED) is 0.374. The van der Waals surface area contributed by atoms with Crippen LogP contribution in [0.5, 0.6) is 5.88 Å². The van der Waals surface area contributed by atoms with E-state index in [2.05, 4.69) is 20.7 Å². The number of carbonyl (C=O) groups excluding carboxylic acids is 2. The van der Waals surface area contributed by atoms with E-state index in [1.54, 1.807) is 6.92 Å². The van der Waals surface area contributed by atoms with Crippen LogP contribution in [0.2, 0.25) is 10.0 Å². The molecular weight excluding hydrogens is 564 g/mol. The molecule has 2 N–H and O–H groups in total. The summed E-state index contributed by atoms with van der Waals surface area (Å²) in [6, 6.07) is 8.72. The number of amides is 2. The third-order valence-electron chi connectivity index (χ3n) is 5.65. The van der Waals surface area contributed by atoms with E-state index >= 15 is 0 Å². The molecule has 204 valence electrons. The number of anilines is 1. The highest BCUT2D eigenvalue weighted by atomic mass is 35.5. The minimum Gasteiger partial charge on any atom is -0.455 e. The first kappa shape index (κ1) is 28.2. The first-order valence-corrected chi connectivity index (χ1v) is 12.0. The van der Waals surface area contributed by atoms with E-state index in [0.29, 0.717) is 5.56 Å². The molecule has 2 aromatic heterocycles. The van der Waals surface area contributed by atoms with Gasteiger partial charge in [-0.1, -0.05) is 23.2 Å². The van der Waals surface area contributed by atoms with Gasteiger partial charge in [0.05, 0.1) is 42.0 Å². The number of aromatic nitrogens is 3. The summed E-state index contributed by atoms with van der Waals surface area (Å²) in [4.78, 5) is 30.4. The van der Waals surface area contributed by atoms with Crippen molar-refractivity contribution < 1.29 is 32.2 Å². The van der Waals surface area contributed by atoms with Gasteiger partial charge in [-0.15, -0.1) is 5.10 Å². The second-order valence-corrected chi connectivity index (χ2v) is 9.28. The predicted octanol–water partition coefficient (Wildman–Crippen LogP) is 4.49. The minimum absolute atomic E-state index is 0.00679. The molecule has 3 heterocycles. The van der Waals surface area contributed by atoms with Crippen LogP contribution < -0.4 is 15.4 Å². The zero-order chi connectivity index (χ0) is 28.4. The van der Waals surface area contributed by atoms with E-state index in [-0.39, 0.29) is 45.8 Å². The first-order chi connectivity index (χ1) is 18.5. The Balaban J connectivity index is 1.73. The summed E-state index contributed by atoms with van der Waals surface area (Å²) in [6.07, 6.45) is -3.35. The Kier molecular flexibility index (Phi) is 8.01. The molecule has 0 bridgehead atoms. The summed E-state index contributed by atoms with van der Waals surface area (Å²) in [5.74, 6) is -2.03. The second-order valence-electron chi connectivity index (χ2n) is 8.44. The average molecular weight is 583 g/mol. The Bertz CT molecular complexity index is 1470. The number of aryl methyl sites for hydroxylation is 1. The molecule has 1 fully saturated rings. The molecule has 0 unspecified atom stereocenters. The Labute approximate surface area is 229 Å². The number of alkyl halides is 3. The van der Waals surface area contributed by atoms with Gasteiger partial charge in [0.1, 0.15) is 5.69 Å². The van der Waals surface area contributed by atoms with Gasteiger partial charge in [-0.2, -0.15) is 18.4 Å². The minimum atomic E-state index is -4.77. The molecule has 1 aliphatic rings.